The number of nitrogens with zero attached hydrogens (tertiary/aromatic N) is 2. The maximum atomic E-state index is 13.2. The zero-order valence-corrected chi connectivity index (χ0v) is 18.2. The van der Waals surface area contributed by atoms with Crippen LogP contribution in [0.5, 0.6) is 0 Å². The SMILES string of the molecule is Cc1ccc(CNC(=O)[C@H](C)Sc2nc3ccccc3c(=O)n2C2CCCC2)cc1. The number of para-hydroxylation sites is 1. The quantitative estimate of drug-likeness (QED) is 0.466. The average molecular weight is 422 g/mol. The van der Waals surface area contributed by atoms with Crippen molar-refractivity contribution in [2.45, 2.75) is 62.5 Å². The number of fused-ring (bicyclic) bond motifs is 1. The molecule has 1 aromatic heterocycles. The Labute approximate surface area is 180 Å². The maximum Gasteiger partial charge on any atom is 0.262 e. The van der Waals surface area contributed by atoms with Gasteiger partial charge in [0, 0.05) is 12.6 Å². The number of thioether (sulfide) groups is 1. The predicted octanol–water partition coefficient (Wildman–Crippen LogP) is 4.62. The van der Waals surface area contributed by atoms with Gasteiger partial charge in [-0.2, -0.15) is 0 Å². The number of aromatic nitrogens is 2. The Hall–Kier alpha value is -2.60. The molecule has 6 heteroatoms. The Morgan fingerprint density at radius 2 is 1.87 bits per heavy atom. The normalized spacial score (nSPS) is 15.4. The Morgan fingerprint density at radius 1 is 1.17 bits per heavy atom. The van der Waals surface area contributed by atoms with Gasteiger partial charge in [-0.3, -0.25) is 14.2 Å². The van der Waals surface area contributed by atoms with E-state index in [1.54, 1.807) is 0 Å². The molecule has 3 aromatic rings. The van der Waals surface area contributed by atoms with Crippen LogP contribution in [0.3, 0.4) is 0 Å². The fourth-order valence-corrected chi connectivity index (χ4v) is 4.95. The molecule has 1 amide bonds. The van der Waals surface area contributed by atoms with Gasteiger partial charge in [-0.25, -0.2) is 4.98 Å². The summed E-state index contributed by atoms with van der Waals surface area (Å²) in [5.41, 5.74) is 2.95. The number of amides is 1. The molecular formula is C24H27N3O2S. The number of hydrogen-bond acceptors (Lipinski definition) is 4. The van der Waals surface area contributed by atoms with E-state index in [1.807, 2.05) is 66.9 Å². The van der Waals surface area contributed by atoms with Gasteiger partial charge in [-0.1, -0.05) is 66.6 Å². The summed E-state index contributed by atoms with van der Waals surface area (Å²) in [6.07, 6.45) is 4.23. The second-order valence-electron chi connectivity index (χ2n) is 7.99. The van der Waals surface area contributed by atoms with Gasteiger partial charge in [0.25, 0.3) is 5.56 Å². The zero-order chi connectivity index (χ0) is 21.1. The van der Waals surface area contributed by atoms with Crippen LogP contribution in [0.25, 0.3) is 10.9 Å². The molecule has 1 atom stereocenters. The second-order valence-corrected chi connectivity index (χ2v) is 9.30. The predicted molar refractivity (Wildman–Crippen MR) is 122 cm³/mol. The molecule has 0 radical (unpaired) electrons. The van der Waals surface area contributed by atoms with Crippen LogP contribution in [0.1, 0.15) is 49.8 Å². The summed E-state index contributed by atoms with van der Waals surface area (Å²) >= 11 is 1.37. The molecular weight excluding hydrogens is 394 g/mol. The first-order valence-corrected chi connectivity index (χ1v) is 11.4. The fourth-order valence-electron chi connectivity index (χ4n) is 3.94. The van der Waals surface area contributed by atoms with Crippen LogP contribution in [0.15, 0.2) is 58.5 Å². The highest BCUT2D eigenvalue weighted by Gasteiger charge is 2.25. The van der Waals surface area contributed by atoms with Crippen LogP contribution in [0.4, 0.5) is 0 Å². The van der Waals surface area contributed by atoms with Crippen LogP contribution in [-0.2, 0) is 11.3 Å². The van der Waals surface area contributed by atoms with Gasteiger partial charge >= 0.3 is 0 Å². The van der Waals surface area contributed by atoms with Gasteiger partial charge in [0.1, 0.15) is 0 Å². The molecule has 1 heterocycles. The molecule has 1 N–H and O–H groups in total. The number of benzene rings is 2. The number of hydrogen-bond donors (Lipinski definition) is 1. The second kappa shape index (κ2) is 9.04. The van der Waals surface area contributed by atoms with Crippen LogP contribution < -0.4 is 10.9 Å². The highest BCUT2D eigenvalue weighted by atomic mass is 32.2. The Balaban J connectivity index is 1.55. The summed E-state index contributed by atoms with van der Waals surface area (Å²) in [5, 5.41) is 3.94. The fraction of sp³-hybridized carbons (Fsp3) is 0.375. The third kappa shape index (κ3) is 4.43. The summed E-state index contributed by atoms with van der Waals surface area (Å²) in [4.78, 5) is 30.7. The lowest BCUT2D eigenvalue weighted by Crippen LogP contribution is -2.32. The van der Waals surface area contributed by atoms with Gasteiger partial charge in [-0.15, -0.1) is 0 Å². The first kappa shape index (κ1) is 20.7. The number of carbonyl (C=O) groups excluding carboxylic acids is 1. The largest absolute Gasteiger partial charge is 0.351 e. The summed E-state index contributed by atoms with van der Waals surface area (Å²) in [7, 11) is 0. The lowest BCUT2D eigenvalue weighted by atomic mass is 10.1. The van der Waals surface area contributed by atoms with Crippen molar-refractivity contribution in [2.75, 3.05) is 0 Å². The first-order valence-electron chi connectivity index (χ1n) is 10.5. The molecule has 1 fully saturated rings. The van der Waals surface area contributed by atoms with Crippen molar-refractivity contribution in [1.29, 1.82) is 0 Å². The van der Waals surface area contributed by atoms with Crippen molar-refractivity contribution >= 4 is 28.6 Å². The monoisotopic (exact) mass is 421 g/mol. The van der Waals surface area contributed by atoms with Crippen LogP contribution in [0.2, 0.25) is 0 Å². The summed E-state index contributed by atoms with van der Waals surface area (Å²) < 4.78 is 1.84. The third-order valence-electron chi connectivity index (χ3n) is 5.70. The summed E-state index contributed by atoms with van der Waals surface area (Å²) in [5.74, 6) is -0.0547. The molecule has 0 saturated heterocycles. The summed E-state index contributed by atoms with van der Waals surface area (Å²) in [6, 6.07) is 15.8. The van der Waals surface area contributed by atoms with Crippen molar-refractivity contribution in [3.8, 4) is 0 Å². The van der Waals surface area contributed by atoms with E-state index in [9.17, 15) is 9.59 Å². The molecule has 2 aromatic carbocycles. The molecule has 0 unspecified atom stereocenters. The van der Waals surface area contributed by atoms with E-state index in [0.717, 1.165) is 31.2 Å². The highest BCUT2D eigenvalue weighted by Crippen LogP contribution is 2.33. The van der Waals surface area contributed by atoms with Crippen LogP contribution >= 0.6 is 11.8 Å². The van der Waals surface area contributed by atoms with E-state index in [0.29, 0.717) is 22.6 Å². The molecule has 1 saturated carbocycles. The van der Waals surface area contributed by atoms with Gasteiger partial charge in [-0.05, 0) is 44.4 Å². The molecule has 0 aliphatic heterocycles. The van der Waals surface area contributed by atoms with E-state index >= 15 is 0 Å². The minimum atomic E-state index is -0.351. The van der Waals surface area contributed by atoms with Crippen molar-refractivity contribution < 1.29 is 4.79 Å². The van der Waals surface area contributed by atoms with Gasteiger partial charge in [0.05, 0.1) is 16.2 Å². The van der Waals surface area contributed by atoms with E-state index in [-0.39, 0.29) is 22.8 Å². The molecule has 5 nitrogen and oxygen atoms in total. The lowest BCUT2D eigenvalue weighted by Gasteiger charge is -2.20. The first-order chi connectivity index (χ1) is 14.5. The Bertz CT molecular complexity index is 1100. The molecule has 0 bridgehead atoms. The number of aryl methyl sites for hydroxylation is 1. The zero-order valence-electron chi connectivity index (χ0n) is 17.4. The smallest absolute Gasteiger partial charge is 0.262 e. The number of rotatable bonds is 6. The minimum Gasteiger partial charge on any atom is -0.351 e. The molecule has 1 aliphatic rings. The number of carbonyl (C=O) groups is 1. The highest BCUT2D eigenvalue weighted by molar-refractivity contribution is 8.00. The molecule has 1 aliphatic carbocycles. The average Bonchev–Trinajstić information content (AvgIpc) is 3.27. The number of nitrogens with one attached hydrogen (secondary N) is 1. The molecule has 0 spiro atoms. The minimum absolute atomic E-state index is 0.00210. The van der Waals surface area contributed by atoms with Crippen molar-refractivity contribution in [2.24, 2.45) is 0 Å². The maximum absolute atomic E-state index is 13.2. The van der Waals surface area contributed by atoms with Gasteiger partial charge in [0.2, 0.25) is 5.91 Å². The Kier molecular flexibility index (Phi) is 6.23. The molecule has 30 heavy (non-hydrogen) atoms. The topological polar surface area (TPSA) is 64.0 Å². The van der Waals surface area contributed by atoms with E-state index < -0.39 is 0 Å². The third-order valence-corrected chi connectivity index (χ3v) is 6.77. The van der Waals surface area contributed by atoms with E-state index in [1.165, 1.54) is 17.3 Å². The van der Waals surface area contributed by atoms with Crippen molar-refractivity contribution in [1.82, 2.24) is 14.9 Å². The van der Waals surface area contributed by atoms with E-state index in [4.69, 9.17) is 4.98 Å². The van der Waals surface area contributed by atoms with Crippen molar-refractivity contribution in [3.63, 3.8) is 0 Å². The van der Waals surface area contributed by atoms with Gasteiger partial charge in [0.15, 0.2) is 5.16 Å². The molecule has 156 valence electrons. The summed E-state index contributed by atoms with van der Waals surface area (Å²) in [6.45, 7) is 4.40. The van der Waals surface area contributed by atoms with Gasteiger partial charge < -0.3 is 5.32 Å². The van der Waals surface area contributed by atoms with Crippen molar-refractivity contribution in [3.05, 3.63) is 70.0 Å². The standard InChI is InChI=1S/C24H27N3O2S/c1-16-11-13-18(14-12-16)15-25-22(28)17(2)30-24-26-21-10-6-5-9-20(21)23(29)27(24)19-7-3-4-8-19/h5-6,9-14,17,19H,3-4,7-8,15H2,1-2H3,(H,25,28)/t17-/m0/s1. The van der Waals surface area contributed by atoms with Crippen LogP contribution in [0, 0.1) is 6.92 Å². The Morgan fingerprint density at radius 3 is 2.60 bits per heavy atom. The van der Waals surface area contributed by atoms with Crippen LogP contribution in [-0.4, -0.2) is 20.7 Å². The molecule has 4 rings (SSSR count). The van der Waals surface area contributed by atoms with E-state index in [2.05, 4.69) is 5.32 Å². The lowest BCUT2D eigenvalue weighted by molar-refractivity contribution is -0.120.